The van der Waals surface area contributed by atoms with Gasteiger partial charge in [-0.25, -0.2) is 4.98 Å². The third kappa shape index (κ3) is 5.71. The van der Waals surface area contributed by atoms with E-state index < -0.39 is 0 Å². The molecule has 0 aliphatic rings. The third-order valence-corrected chi connectivity index (χ3v) is 4.77. The molecule has 2 aromatic carbocycles. The zero-order chi connectivity index (χ0) is 22.9. The largest absolute Gasteiger partial charge is 0.489 e. The van der Waals surface area contributed by atoms with Gasteiger partial charge in [0.1, 0.15) is 19.0 Å². The van der Waals surface area contributed by atoms with E-state index in [4.69, 9.17) is 9.47 Å². The molecule has 0 aliphatic heterocycles. The Morgan fingerprint density at radius 1 is 0.909 bits per heavy atom. The van der Waals surface area contributed by atoms with Crippen molar-refractivity contribution in [2.45, 2.75) is 13.2 Å². The van der Waals surface area contributed by atoms with Crippen LogP contribution >= 0.6 is 0 Å². The van der Waals surface area contributed by atoms with E-state index in [-0.39, 0.29) is 12.5 Å². The number of rotatable bonds is 8. The fourth-order valence-electron chi connectivity index (χ4n) is 3.06. The number of nitrogens with one attached hydrogen (secondary N) is 1. The van der Waals surface area contributed by atoms with Crippen molar-refractivity contribution in [2.24, 2.45) is 0 Å². The molecular formula is C26H20N4O3. The number of hydrogen-bond donors (Lipinski definition) is 1. The average molecular weight is 436 g/mol. The Balaban J connectivity index is 1.42. The van der Waals surface area contributed by atoms with Gasteiger partial charge in [-0.2, -0.15) is 5.26 Å². The standard InChI is InChI=1S/C26H20N4O3/c27-16-21-5-1-2-6-22(21)18-32-23-8-3-7-20(15-23)26(31)30-25-24(9-4-12-29-25)33-17-19-10-13-28-14-11-19/h1-15H,17-18H2,(H,29,30,31). The number of carbonyl (C=O) groups excluding carboxylic acids is 1. The first-order valence-corrected chi connectivity index (χ1v) is 10.2. The Morgan fingerprint density at radius 3 is 2.61 bits per heavy atom. The van der Waals surface area contributed by atoms with Gasteiger partial charge >= 0.3 is 0 Å². The Kier molecular flexibility index (Phi) is 6.88. The van der Waals surface area contributed by atoms with Crippen molar-refractivity contribution in [1.82, 2.24) is 9.97 Å². The van der Waals surface area contributed by atoms with Crippen LogP contribution in [0.15, 0.2) is 91.4 Å². The van der Waals surface area contributed by atoms with Crippen LogP contribution in [0.2, 0.25) is 0 Å². The van der Waals surface area contributed by atoms with Gasteiger partial charge < -0.3 is 14.8 Å². The fraction of sp³-hybridized carbons (Fsp3) is 0.0769. The molecule has 2 aromatic heterocycles. The first kappa shape index (κ1) is 21.5. The minimum Gasteiger partial charge on any atom is -0.489 e. The van der Waals surface area contributed by atoms with E-state index in [0.717, 1.165) is 11.1 Å². The number of amides is 1. The van der Waals surface area contributed by atoms with Gasteiger partial charge in [-0.3, -0.25) is 9.78 Å². The minimum absolute atomic E-state index is 0.224. The van der Waals surface area contributed by atoms with Crippen LogP contribution in [-0.2, 0) is 13.2 Å². The van der Waals surface area contributed by atoms with E-state index >= 15 is 0 Å². The van der Waals surface area contributed by atoms with Crippen LogP contribution in [0.4, 0.5) is 5.82 Å². The molecule has 0 saturated heterocycles. The highest BCUT2D eigenvalue weighted by Gasteiger charge is 2.12. The molecule has 0 atom stereocenters. The van der Waals surface area contributed by atoms with Crippen molar-refractivity contribution in [3.05, 3.63) is 114 Å². The molecule has 33 heavy (non-hydrogen) atoms. The zero-order valence-electron chi connectivity index (χ0n) is 17.6. The topological polar surface area (TPSA) is 97.1 Å². The Morgan fingerprint density at radius 2 is 1.76 bits per heavy atom. The molecule has 2 heterocycles. The van der Waals surface area contributed by atoms with Crippen LogP contribution in [0.3, 0.4) is 0 Å². The Labute approximate surface area is 191 Å². The number of aromatic nitrogens is 2. The first-order chi connectivity index (χ1) is 16.2. The lowest BCUT2D eigenvalue weighted by Gasteiger charge is -2.12. The van der Waals surface area contributed by atoms with Crippen molar-refractivity contribution < 1.29 is 14.3 Å². The summed E-state index contributed by atoms with van der Waals surface area (Å²) < 4.78 is 11.6. The molecule has 0 fully saturated rings. The number of ether oxygens (including phenoxy) is 2. The molecular weight excluding hydrogens is 416 g/mol. The number of carbonyl (C=O) groups is 1. The van der Waals surface area contributed by atoms with Crippen molar-refractivity contribution in [3.8, 4) is 17.6 Å². The maximum atomic E-state index is 12.9. The molecule has 7 nitrogen and oxygen atoms in total. The molecule has 0 aliphatic carbocycles. The van der Waals surface area contributed by atoms with E-state index in [2.05, 4.69) is 21.4 Å². The van der Waals surface area contributed by atoms with Gasteiger partial charge in [-0.05, 0) is 54.1 Å². The zero-order valence-corrected chi connectivity index (χ0v) is 17.6. The van der Waals surface area contributed by atoms with Crippen molar-refractivity contribution in [1.29, 1.82) is 5.26 Å². The monoisotopic (exact) mass is 436 g/mol. The third-order valence-electron chi connectivity index (χ3n) is 4.77. The Hall–Kier alpha value is -4.70. The maximum Gasteiger partial charge on any atom is 0.257 e. The highest BCUT2D eigenvalue weighted by atomic mass is 16.5. The summed E-state index contributed by atoms with van der Waals surface area (Å²) in [5.41, 5.74) is 2.70. The van der Waals surface area contributed by atoms with Crippen LogP contribution in [0.5, 0.6) is 11.5 Å². The highest BCUT2D eigenvalue weighted by Crippen LogP contribution is 2.24. The summed E-state index contributed by atoms with van der Waals surface area (Å²) in [6.07, 6.45) is 4.97. The van der Waals surface area contributed by atoms with Gasteiger partial charge in [0.2, 0.25) is 0 Å². The molecule has 1 N–H and O–H groups in total. The van der Waals surface area contributed by atoms with E-state index in [1.807, 2.05) is 24.3 Å². The lowest BCUT2D eigenvalue weighted by Crippen LogP contribution is -2.14. The SMILES string of the molecule is N#Cc1ccccc1COc1cccc(C(=O)Nc2ncccc2OCc2ccncc2)c1. The smallest absolute Gasteiger partial charge is 0.257 e. The van der Waals surface area contributed by atoms with E-state index in [1.165, 1.54) is 0 Å². The summed E-state index contributed by atoms with van der Waals surface area (Å²) in [4.78, 5) is 21.1. The summed E-state index contributed by atoms with van der Waals surface area (Å²) in [6, 6.07) is 23.4. The highest BCUT2D eigenvalue weighted by molar-refractivity contribution is 6.04. The van der Waals surface area contributed by atoms with Crippen molar-refractivity contribution >= 4 is 11.7 Å². The van der Waals surface area contributed by atoms with Gasteiger partial charge in [0, 0.05) is 29.7 Å². The number of hydrogen-bond acceptors (Lipinski definition) is 6. The second-order valence-corrected chi connectivity index (χ2v) is 7.03. The van der Waals surface area contributed by atoms with Crippen LogP contribution in [0, 0.1) is 11.3 Å². The number of benzene rings is 2. The maximum absolute atomic E-state index is 12.9. The summed E-state index contributed by atoms with van der Waals surface area (Å²) in [7, 11) is 0. The molecule has 1 amide bonds. The quantitative estimate of drug-likeness (QED) is 0.428. The van der Waals surface area contributed by atoms with Crippen LogP contribution in [0.25, 0.3) is 0 Å². The first-order valence-electron chi connectivity index (χ1n) is 10.2. The Bertz CT molecular complexity index is 1290. The molecule has 0 unspecified atom stereocenters. The van der Waals surface area contributed by atoms with Crippen LogP contribution < -0.4 is 14.8 Å². The van der Waals surface area contributed by atoms with Gasteiger partial charge in [-0.1, -0.05) is 24.3 Å². The molecule has 0 radical (unpaired) electrons. The van der Waals surface area contributed by atoms with Gasteiger partial charge in [0.05, 0.1) is 11.6 Å². The lowest BCUT2D eigenvalue weighted by molar-refractivity contribution is 0.102. The van der Waals surface area contributed by atoms with Crippen LogP contribution in [0.1, 0.15) is 27.0 Å². The molecule has 0 saturated carbocycles. The van der Waals surface area contributed by atoms with Crippen LogP contribution in [-0.4, -0.2) is 15.9 Å². The molecule has 4 aromatic rings. The molecule has 7 heteroatoms. The molecule has 0 spiro atoms. The van der Waals surface area contributed by atoms with Gasteiger partial charge in [0.15, 0.2) is 11.6 Å². The fourth-order valence-corrected chi connectivity index (χ4v) is 3.06. The molecule has 162 valence electrons. The number of nitrogens with zero attached hydrogens (tertiary/aromatic N) is 3. The van der Waals surface area contributed by atoms with E-state index in [1.54, 1.807) is 67.1 Å². The summed E-state index contributed by atoms with van der Waals surface area (Å²) in [6.45, 7) is 0.548. The van der Waals surface area contributed by atoms with E-state index in [9.17, 15) is 10.1 Å². The van der Waals surface area contributed by atoms with Gasteiger partial charge in [0.25, 0.3) is 5.91 Å². The molecule has 0 bridgehead atoms. The normalized spacial score (nSPS) is 10.2. The minimum atomic E-state index is -0.342. The average Bonchev–Trinajstić information content (AvgIpc) is 2.88. The summed E-state index contributed by atoms with van der Waals surface area (Å²) in [5, 5.41) is 12.0. The predicted molar refractivity (Wildman–Crippen MR) is 123 cm³/mol. The van der Waals surface area contributed by atoms with Crippen molar-refractivity contribution in [3.63, 3.8) is 0 Å². The second kappa shape index (κ2) is 10.6. The number of anilines is 1. The van der Waals surface area contributed by atoms with Crippen molar-refractivity contribution in [2.75, 3.05) is 5.32 Å². The summed E-state index contributed by atoms with van der Waals surface area (Å²) >= 11 is 0. The van der Waals surface area contributed by atoms with Gasteiger partial charge in [-0.15, -0.1) is 0 Å². The number of nitriles is 1. The lowest BCUT2D eigenvalue weighted by atomic mass is 10.1. The summed E-state index contributed by atoms with van der Waals surface area (Å²) in [5.74, 6) is 0.963. The van der Waals surface area contributed by atoms with E-state index in [0.29, 0.717) is 35.1 Å². The molecule has 4 rings (SSSR count). The second-order valence-electron chi connectivity index (χ2n) is 7.03. The predicted octanol–water partition coefficient (Wildman–Crippen LogP) is 4.76. The number of pyridine rings is 2.